The average molecular weight is 363 g/mol. The molecule has 2 amide bonds. The summed E-state index contributed by atoms with van der Waals surface area (Å²) >= 11 is 0. The largest absolute Gasteiger partial charge is 0.338 e. The molecule has 9 heteroatoms. The quantitative estimate of drug-likeness (QED) is 0.415. The summed E-state index contributed by atoms with van der Waals surface area (Å²) in [6.45, 7) is 4.29. The Morgan fingerprint density at radius 2 is 2.19 bits per heavy atom. The number of carbonyl (C=O) groups excluding carboxylic acids is 1. The number of anilines is 1. The number of hydrogen-bond donors (Lipinski definition) is 4. The number of carbonyl (C=O) groups is 1. The molecule has 0 aliphatic carbocycles. The molecule has 0 radical (unpaired) electrons. The molecule has 27 heavy (non-hydrogen) atoms. The number of aromatic amines is 2. The van der Waals surface area contributed by atoms with Crippen LogP contribution in [-0.4, -0.2) is 37.8 Å². The third kappa shape index (κ3) is 3.34. The van der Waals surface area contributed by atoms with E-state index in [1.54, 1.807) is 17.1 Å². The van der Waals surface area contributed by atoms with E-state index in [2.05, 4.69) is 35.9 Å². The third-order valence-corrected chi connectivity index (χ3v) is 4.04. The van der Waals surface area contributed by atoms with Gasteiger partial charge in [-0.25, -0.2) is 9.78 Å². The smallest absolute Gasteiger partial charge is 0.321 e. The second-order valence-electron chi connectivity index (χ2n) is 6.06. The summed E-state index contributed by atoms with van der Waals surface area (Å²) in [7, 11) is 0. The number of benzene rings is 1. The fourth-order valence-electron chi connectivity index (χ4n) is 2.86. The van der Waals surface area contributed by atoms with Crippen LogP contribution in [-0.2, 0) is 0 Å². The van der Waals surface area contributed by atoms with Crippen molar-refractivity contribution in [1.29, 1.82) is 0 Å². The molecule has 0 unspecified atom stereocenters. The van der Waals surface area contributed by atoms with E-state index in [1.807, 2.05) is 44.3 Å². The Bertz CT molecular complexity index is 1100. The van der Waals surface area contributed by atoms with Gasteiger partial charge in [-0.05, 0) is 30.7 Å². The number of urea groups is 1. The minimum absolute atomic E-state index is 0.310. The number of nitrogens with one attached hydrogen (secondary N) is 4. The van der Waals surface area contributed by atoms with Crippen LogP contribution < -0.4 is 15.3 Å². The van der Waals surface area contributed by atoms with E-state index < -0.39 is 0 Å². The zero-order valence-electron chi connectivity index (χ0n) is 14.9. The number of aryl methyl sites for hydroxylation is 1. The standard InChI is InChI=1S/C18H18N8O/c1-3-20-18(27)23-17-21-14-7-13(12-5-4-6-19-9-12)8-15(16(14)22-17)26-10-11(2)24-25-26/h4-10H,3H2,1-2H3,(H3,20,21,22,23,24,25,27)/p+1. The monoisotopic (exact) mass is 363 g/mol. The molecule has 4 rings (SSSR count). The molecule has 4 N–H and O–H groups in total. The first-order chi connectivity index (χ1) is 13.1. The predicted octanol–water partition coefficient (Wildman–Crippen LogP) is 2.07. The van der Waals surface area contributed by atoms with Gasteiger partial charge in [-0.2, -0.15) is 0 Å². The van der Waals surface area contributed by atoms with Crippen molar-refractivity contribution < 1.29 is 9.48 Å². The average Bonchev–Trinajstić information content (AvgIpc) is 3.27. The maximum absolute atomic E-state index is 11.8. The number of rotatable bonds is 4. The van der Waals surface area contributed by atoms with E-state index in [0.29, 0.717) is 18.0 Å². The molecular weight excluding hydrogens is 344 g/mol. The highest BCUT2D eigenvalue weighted by Gasteiger charge is 2.18. The van der Waals surface area contributed by atoms with E-state index in [9.17, 15) is 4.79 Å². The molecule has 0 fully saturated rings. The molecule has 3 heterocycles. The second kappa shape index (κ2) is 6.87. The number of nitrogens with zero attached hydrogens (tertiary/aromatic N) is 4. The van der Waals surface area contributed by atoms with Crippen LogP contribution in [0.15, 0.2) is 42.9 Å². The number of pyridine rings is 1. The molecule has 136 valence electrons. The third-order valence-electron chi connectivity index (χ3n) is 4.04. The molecular formula is C18H19N8O+. The Labute approximate surface area is 154 Å². The molecule has 0 aliphatic rings. The number of amides is 2. The molecule has 9 nitrogen and oxygen atoms in total. The summed E-state index contributed by atoms with van der Waals surface area (Å²) in [5.74, 6) is 0.373. The van der Waals surface area contributed by atoms with E-state index in [-0.39, 0.29) is 6.03 Å². The van der Waals surface area contributed by atoms with Crippen molar-refractivity contribution in [2.75, 3.05) is 11.9 Å². The van der Waals surface area contributed by atoms with Crippen molar-refractivity contribution in [3.63, 3.8) is 0 Å². The Hall–Kier alpha value is -3.75. The minimum Gasteiger partial charge on any atom is -0.338 e. The number of aromatic nitrogens is 6. The van der Waals surface area contributed by atoms with Crippen LogP contribution >= 0.6 is 0 Å². The normalized spacial score (nSPS) is 10.9. The van der Waals surface area contributed by atoms with Crippen molar-refractivity contribution in [3.05, 3.63) is 48.5 Å². The van der Waals surface area contributed by atoms with Crippen molar-refractivity contribution in [2.24, 2.45) is 0 Å². The van der Waals surface area contributed by atoms with Gasteiger partial charge in [0.25, 0.3) is 0 Å². The van der Waals surface area contributed by atoms with Gasteiger partial charge >= 0.3 is 6.03 Å². The first-order valence-electron chi connectivity index (χ1n) is 8.57. The molecule has 3 aromatic heterocycles. The highest BCUT2D eigenvalue weighted by molar-refractivity contribution is 5.93. The van der Waals surface area contributed by atoms with E-state index >= 15 is 0 Å². The molecule has 0 saturated heterocycles. The first-order valence-corrected chi connectivity index (χ1v) is 8.57. The topological polar surface area (TPSA) is 115 Å². The first kappa shape index (κ1) is 16.7. The lowest BCUT2D eigenvalue weighted by Gasteiger charge is -2.03. The second-order valence-corrected chi connectivity index (χ2v) is 6.06. The van der Waals surface area contributed by atoms with Gasteiger partial charge in [0, 0.05) is 36.5 Å². The fraction of sp³-hybridized carbons (Fsp3) is 0.167. The number of fused-ring (bicyclic) bond motifs is 1. The lowest BCUT2D eigenvalue weighted by atomic mass is 10.1. The molecule has 0 saturated carbocycles. The van der Waals surface area contributed by atoms with Gasteiger partial charge < -0.3 is 10.3 Å². The summed E-state index contributed by atoms with van der Waals surface area (Å²) in [5, 5.41) is 12.5. The van der Waals surface area contributed by atoms with Crippen LogP contribution in [0.1, 0.15) is 12.6 Å². The summed E-state index contributed by atoms with van der Waals surface area (Å²) in [6, 6.07) is 7.56. The molecule has 0 aliphatic heterocycles. The zero-order chi connectivity index (χ0) is 18.8. The highest BCUT2D eigenvalue weighted by Crippen LogP contribution is 2.27. The van der Waals surface area contributed by atoms with Crippen LogP contribution in [0.5, 0.6) is 0 Å². The van der Waals surface area contributed by atoms with Crippen molar-refractivity contribution >= 4 is 23.0 Å². The lowest BCUT2D eigenvalue weighted by molar-refractivity contribution is -0.658. The molecule has 4 aromatic rings. The van der Waals surface area contributed by atoms with E-state index in [0.717, 1.165) is 28.0 Å². The van der Waals surface area contributed by atoms with Crippen LogP contribution in [0, 0.1) is 6.92 Å². The van der Waals surface area contributed by atoms with Crippen molar-refractivity contribution in [1.82, 2.24) is 30.6 Å². The van der Waals surface area contributed by atoms with E-state index in [4.69, 9.17) is 0 Å². The van der Waals surface area contributed by atoms with Crippen molar-refractivity contribution in [3.8, 4) is 16.8 Å². The Kier molecular flexibility index (Phi) is 4.25. The summed E-state index contributed by atoms with van der Waals surface area (Å²) in [6.07, 6.45) is 5.42. The number of H-pyrrole nitrogens is 2. The maximum atomic E-state index is 11.8. The predicted molar refractivity (Wildman–Crippen MR) is 100 cm³/mol. The van der Waals surface area contributed by atoms with Crippen LogP contribution in [0.25, 0.3) is 27.8 Å². The minimum atomic E-state index is -0.310. The van der Waals surface area contributed by atoms with Gasteiger partial charge in [0.15, 0.2) is 11.9 Å². The zero-order valence-corrected chi connectivity index (χ0v) is 14.9. The fourth-order valence-corrected chi connectivity index (χ4v) is 2.86. The molecule has 0 spiro atoms. The van der Waals surface area contributed by atoms with Gasteiger partial charge in [0.1, 0.15) is 5.52 Å². The molecule has 1 aromatic carbocycles. The molecule has 0 bridgehead atoms. The highest BCUT2D eigenvalue weighted by atomic mass is 16.2. The number of hydrogen-bond acceptors (Lipinski definition) is 4. The Morgan fingerprint density at radius 1 is 1.30 bits per heavy atom. The van der Waals surface area contributed by atoms with Crippen LogP contribution in [0.3, 0.4) is 0 Å². The van der Waals surface area contributed by atoms with Gasteiger partial charge in [-0.1, -0.05) is 11.3 Å². The SMILES string of the molecule is CCNC(=O)Nc1nc2c(-[n+]3cc(C)n[nH]3)cc(-c3cccnc3)cc2[nH]1. The van der Waals surface area contributed by atoms with E-state index in [1.165, 1.54) is 0 Å². The van der Waals surface area contributed by atoms with Crippen molar-refractivity contribution in [2.45, 2.75) is 13.8 Å². The summed E-state index contributed by atoms with van der Waals surface area (Å²) < 4.78 is 1.80. The van der Waals surface area contributed by atoms with Gasteiger partial charge in [-0.3, -0.25) is 10.3 Å². The molecule has 0 atom stereocenters. The van der Waals surface area contributed by atoms with Gasteiger partial charge in [0.2, 0.25) is 11.6 Å². The summed E-state index contributed by atoms with van der Waals surface area (Å²) in [4.78, 5) is 23.7. The maximum Gasteiger partial charge on any atom is 0.321 e. The van der Waals surface area contributed by atoms with Gasteiger partial charge in [-0.15, -0.1) is 4.68 Å². The van der Waals surface area contributed by atoms with Crippen LogP contribution in [0.2, 0.25) is 0 Å². The lowest BCUT2D eigenvalue weighted by Crippen LogP contribution is -2.32. The van der Waals surface area contributed by atoms with Crippen LogP contribution in [0.4, 0.5) is 10.7 Å². The number of imidazole rings is 1. The van der Waals surface area contributed by atoms with Gasteiger partial charge in [0.05, 0.1) is 5.52 Å². The Morgan fingerprint density at radius 3 is 2.89 bits per heavy atom. The summed E-state index contributed by atoms with van der Waals surface area (Å²) in [5.41, 5.74) is 5.11. The Balaban J connectivity index is 1.86.